The van der Waals surface area contributed by atoms with Gasteiger partial charge in [-0.15, -0.1) is 0 Å². The quantitative estimate of drug-likeness (QED) is 0.204. The Morgan fingerprint density at radius 2 is 1.69 bits per heavy atom. The van der Waals surface area contributed by atoms with Crippen LogP contribution >= 0.6 is 11.6 Å². The van der Waals surface area contributed by atoms with Gasteiger partial charge in [0.05, 0.1) is 10.6 Å². The van der Waals surface area contributed by atoms with Crippen molar-refractivity contribution in [3.05, 3.63) is 74.9 Å². The molecule has 4 aromatic rings. The van der Waals surface area contributed by atoms with Crippen molar-refractivity contribution in [2.75, 3.05) is 56.5 Å². The smallest absolute Gasteiger partial charge is 0.260 e. The molecule has 1 aliphatic carbocycles. The minimum absolute atomic E-state index is 0.0296. The van der Waals surface area contributed by atoms with Crippen LogP contribution in [0, 0.1) is 19.7 Å². The van der Waals surface area contributed by atoms with Gasteiger partial charge in [0.25, 0.3) is 5.56 Å². The molecule has 1 saturated carbocycles. The number of benzene rings is 2. The molecule has 2 aromatic carbocycles. The summed E-state index contributed by atoms with van der Waals surface area (Å²) in [7, 11) is 2.21. The summed E-state index contributed by atoms with van der Waals surface area (Å²) in [6, 6.07) is 11.5. The van der Waals surface area contributed by atoms with E-state index in [1.807, 2.05) is 13.8 Å². The van der Waals surface area contributed by atoms with Crippen molar-refractivity contribution in [1.29, 1.82) is 0 Å². The van der Waals surface area contributed by atoms with E-state index >= 15 is 0 Å². The van der Waals surface area contributed by atoms with E-state index in [4.69, 9.17) is 21.6 Å². The fourth-order valence-corrected chi connectivity index (χ4v) is 8.65. The van der Waals surface area contributed by atoms with Gasteiger partial charge >= 0.3 is 0 Å². The molecule has 0 radical (unpaired) electrons. The Morgan fingerprint density at radius 1 is 0.962 bits per heavy atom. The first-order valence-electron chi connectivity index (χ1n) is 18.8. The number of carbonyl (C=O) groups is 1. The van der Waals surface area contributed by atoms with Crippen molar-refractivity contribution < 1.29 is 9.18 Å². The average molecular weight is 729 g/mol. The van der Waals surface area contributed by atoms with Crippen molar-refractivity contribution in [3.63, 3.8) is 0 Å². The van der Waals surface area contributed by atoms with E-state index in [1.54, 1.807) is 22.9 Å². The zero-order valence-corrected chi connectivity index (χ0v) is 31.5. The van der Waals surface area contributed by atoms with Gasteiger partial charge in [-0.3, -0.25) is 19.1 Å². The van der Waals surface area contributed by atoms with Crippen molar-refractivity contribution in [2.24, 2.45) is 0 Å². The highest BCUT2D eigenvalue weighted by Crippen LogP contribution is 2.36. The van der Waals surface area contributed by atoms with E-state index in [9.17, 15) is 14.0 Å². The number of hydrogen-bond acceptors (Lipinski definition) is 8. The van der Waals surface area contributed by atoms with Crippen LogP contribution in [0.4, 0.5) is 21.7 Å². The van der Waals surface area contributed by atoms with E-state index in [0.717, 1.165) is 57.8 Å². The molecule has 52 heavy (non-hydrogen) atoms. The number of rotatable bonds is 8. The molecule has 0 unspecified atom stereocenters. The van der Waals surface area contributed by atoms with Crippen LogP contribution in [-0.2, 0) is 4.79 Å². The zero-order valence-electron chi connectivity index (χ0n) is 30.7. The number of halogens is 2. The fraction of sp³-hybridized carbons (Fsp3) is 0.500. The van der Waals surface area contributed by atoms with Gasteiger partial charge in [0, 0.05) is 92.3 Å². The highest BCUT2D eigenvalue weighted by Gasteiger charge is 2.30. The van der Waals surface area contributed by atoms with Crippen LogP contribution < -0.4 is 21.1 Å². The lowest BCUT2D eigenvalue weighted by atomic mass is 9.90. The van der Waals surface area contributed by atoms with Gasteiger partial charge in [-0.05, 0) is 94.8 Å². The number of nitrogens with zero attached hydrogens (tertiary/aromatic N) is 6. The summed E-state index contributed by atoms with van der Waals surface area (Å²) in [6.07, 6.45) is 7.38. The Hall–Kier alpha value is -4.06. The Bertz CT molecular complexity index is 2000. The maximum absolute atomic E-state index is 14.7. The highest BCUT2D eigenvalue weighted by molar-refractivity contribution is 6.33. The molecule has 2 saturated heterocycles. The summed E-state index contributed by atoms with van der Waals surface area (Å²) in [5, 5.41) is 7.13. The fourth-order valence-electron chi connectivity index (χ4n) is 8.43. The Kier molecular flexibility index (Phi) is 10.8. The van der Waals surface area contributed by atoms with Crippen LogP contribution in [0.3, 0.4) is 0 Å². The molecule has 4 heterocycles. The number of aryl methyl sites for hydroxylation is 2. The van der Waals surface area contributed by atoms with Gasteiger partial charge in [-0.2, -0.15) is 4.98 Å². The van der Waals surface area contributed by atoms with Crippen LogP contribution in [0.1, 0.15) is 69.0 Å². The first-order chi connectivity index (χ1) is 25.1. The summed E-state index contributed by atoms with van der Waals surface area (Å²) in [5.41, 5.74) is 4.91. The Morgan fingerprint density at radius 3 is 2.38 bits per heavy atom. The predicted octanol–water partition coefficient (Wildman–Crippen LogP) is 6.84. The second-order valence-electron chi connectivity index (χ2n) is 14.8. The molecule has 2 aromatic heterocycles. The lowest BCUT2D eigenvalue weighted by Crippen LogP contribution is -2.52. The van der Waals surface area contributed by atoms with Crippen LogP contribution in [-0.4, -0.2) is 88.6 Å². The van der Waals surface area contributed by atoms with Crippen LogP contribution in [0.2, 0.25) is 5.02 Å². The molecule has 12 heteroatoms. The predicted molar refractivity (Wildman–Crippen MR) is 207 cm³/mol. The summed E-state index contributed by atoms with van der Waals surface area (Å²) in [6.45, 7) is 12.6. The number of anilines is 3. The van der Waals surface area contributed by atoms with Gasteiger partial charge in [-0.25, -0.2) is 9.37 Å². The van der Waals surface area contributed by atoms with Gasteiger partial charge < -0.3 is 20.4 Å². The minimum Gasteiger partial charge on any atom is -0.371 e. The minimum atomic E-state index is -0.580. The van der Waals surface area contributed by atoms with Crippen LogP contribution in [0.25, 0.3) is 22.2 Å². The summed E-state index contributed by atoms with van der Waals surface area (Å²) >= 11 is 6.46. The molecule has 1 amide bonds. The molecular weight excluding hydrogens is 679 g/mol. The Labute approximate surface area is 310 Å². The third kappa shape index (κ3) is 7.40. The van der Waals surface area contributed by atoms with E-state index in [0.29, 0.717) is 59.0 Å². The van der Waals surface area contributed by atoms with E-state index < -0.39 is 5.82 Å². The number of piperidine rings is 1. The summed E-state index contributed by atoms with van der Waals surface area (Å²) in [5.74, 6) is -0.161. The number of carbonyl (C=O) groups excluding carboxylic acids is 1. The number of amides is 1. The first kappa shape index (κ1) is 36.3. The molecule has 2 N–H and O–H groups in total. The first-order valence-corrected chi connectivity index (χ1v) is 19.2. The number of piperazine rings is 1. The second kappa shape index (κ2) is 15.5. The van der Waals surface area contributed by atoms with Crippen molar-refractivity contribution in [2.45, 2.75) is 83.8 Å². The van der Waals surface area contributed by atoms with Crippen LogP contribution in [0.15, 0.2) is 47.4 Å². The lowest BCUT2D eigenvalue weighted by Gasteiger charge is -2.43. The number of fused-ring (bicyclic) bond motifs is 1. The van der Waals surface area contributed by atoms with Gasteiger partial charge in [0.15, 0.2) is 0 Å². The van der Waals surface area contributed by atoms with Gasteiger partial charge in [0.1, 0.15) is 11.5 Å². The molecule has 10 nitrogen and oxygen atoms in total. The largest absolute Gasteiger partial charge is 0.371 e. The molecule has 0 bridgehead atoms. The number of likely N-dealkylation sites (N-methyl/N-ethyl adjacent to an activating group) is 1. The van der Waals surface area contributed by atoms with Crippen molar-refractivity contribution >= 4 is 45.9 Å². The van der Waals surface area contributed by atoms with E-state index in [1.165, 1.54) is 30.2 Å². The Balaban J connectivity index is 1.16. The SMILES string of the molecule is CCC(=O)NC1CCC(n2c(=O)c(-c3cccc(F)c3Cl)c(C)c3cnc(Nc4ccc(N5CCC(N6CCN(C)CC6)CC5)c(C)c4)nc32)CC1. The third-order valence-corrected chi connectivity index (χ3v) is 11.9. The topological polar surface area (TPSA) is 98.6 Å². The van der Waals surface area contributed by atoms with Crippen molar-refractivity contribution in [1.82, 2.24) is 29.7 Å². The molecule has 3 aliphatic rings. The molecule has 7 rings (SSSR count). The third-order valence-electron chi connectivity index (χ3n) is 11.5. The highest BCUT2D eigenvalue weighted by atomic mass is 35.5. The molecule has 0 atom stereocenters. The monoisotopic (exact) mass is 728 g/mol. The molecular formula is C40H50ClFN8O2. The second-order valence-corrected chi connectivity index (χ2v) is 15.2. The van der Waals surface area contributed by atoms with Crippen LogP contribution in [0.5, 0.6) is 0 Å². The molecule has 3 fully saturated rings. The average Bonchev–Trinajstić information content (AvgIpc) is 3.14. The molecule has 2 aliphatic heterocycles. The summed E-state index contributed by atoms with van der Waals surface area (Å²) in [4.78, 5) is 43.9. The number of hydrogen-bond donors (Lipinski definition) is 2. The normalized spacial score (nSPS) is 20.7. The maximum atomic E-state index is 14.7. The van der Waals surface area contributed by atoms with E-state index in [-0.39, 0.29) is 28.6 Å². The number of aromatic nitrogens is 3. The number of pyridine rings is 1. The molecule has 0 spiro atoms. The molecule has 276 valence electrons. The zero-order chi connectivity index (χ0) is 36.5. The van der Waals surface area contributed by atoms with Gasteiger partial charge in [0.2, 0.25) is 11.9 Å². The van der Waals surface area contributed by atoms with Crippen molar-refractivity contribution in [3.8, 4) is 11.1 Å². The maximum Gasteiger partial charge on any atom is 0.260 e. The standard InChI is InChI=1S/C40H50ClFN8O2/c1-5-35(51)44-27-9-12-30(13-10-27)50-38-32(26(3)36(39(50)52)31-7-6-8-33(42)37(31)41)24-43-40(46-38)45-28-11-14-34(25(2)23-28)49-17-15-29(16-18-49)48-21-19-47(4)20-22-48/h6-8,11,14,23-24,27,29-30H,5,9-10,12-13,15-22H2,1-4H3,(H,44,51)(H,43,45,46). The van der Waals surface area contributed by atoms with E-state index in [2.05, 4.69) is 57.5 Å². The summed E-state index contributed by atoms with van der Waals surface area (Å²) < 4.78 is 16.4. The van der Waals surface area contributed by atoms with Gasteiger partial charge in [-0.1, -0.05) is 30.7 Å². The lowest BCUT2D eigenvalue weighted by molar-refractivity contribution is -0.121. The number of nitrogens with one attached hydrogen (secondary N) is 2.